The molecule has 1 unspecified atom stereocenters. The number of nitro groups is 1. The number of nitrogens with zero attached hydrogens (tertiary/aromatic N) is 4. The molecular weight excluding hydrogens is 352 g/mol. The van der Waals surface area contributed by atoms with Crippen LogP contribution in [0.4, 0.5) is 11.5 Å². The monoisotopic (exact) mass is 373 g/mol. The van der Waals surface area contributed by atoms with E-state index in [1.165, 1.54) is 11.8 Å². The van der Waals surface area contributed by atoms with E-state index in [0.29, 0.717) is 18.2 Å². The van der Waals surface area contributed by atoms with Gasteiger partial charge in [0.1, 0.15) is 0 Å². The molecule has 0 spiro atoms. The quantitative estimate of drug-likeness (QED) is 0.251. The van der Waals surface area contributed by atoms with E-state index in [-0.39, 0.29) is 17.4 Å². The van der Waals surface area contributed by atoms with Gasteiger partial charge in [-0.2, -0.15) is 21.7 Å². The molecule has 0 bridgehead atoms. The van der Waals surface area contributed by atoms with E-state index in [2.05, 4.69) is 9.97 Å². The average molecular weight is 373 g/mol. The third-order valence-electron chi connectivity index (χ3n) is 3.41. The van der Waals surface area contributed by atoms with Gasteiger partial charge in [-0.1, -0.05) is 32.5 Å². The summed E-state index contributed by atoms with van der Waals surface area (Å²) in [6.45, 7) is 6.48. The van der Waals surface area contributed by atoms with Crippen molar-refractivity contribution in [2.45, 2.75) is 32.2 Å². The maximum atomic E-state index is 12.3. The van der Waals surface area contributed by atoms with Gasteiger partial charge in [-0.3, -0.25) is 10.1 Å². The second-order valence-corrected chi connectivity index (χ2v) is 8.36. The Morgan fingerprint density at radius 2 is 1.96 bits per heavy atom. The number of aromatic nitrogens is 2. The van der Waals surface area contributed by atoms with Crippen molar-refractivity contribution in [2.75, 3.05) is 35.8 Å². The van der Waals surface area contributed by atoms with Gasteiger partial charge in [-0.15, -0.1) is 0 Å². The lowest BCUT2D eigenvalue weighted by atomic mass is 9.96. The molecule has 1 aromatic heterocycles. The van der Waals surface area contributed by atoms with Crippen LogP contribution in [-0.2, 0) is 0 Å². The fourth-order valence-electron chi connectivity index (χ4n) is 2.01. The zero-order valence-electron chi connectivity index (χ0n) is 14.1. The Labute approximate surface area is 149 Å². The molecule has 1 aliphatic rings. The van der Waals surface area contributed by atoms with Gasteiger partial charge in [0.2, 0.25) is 5.82 Å². The lowest BCUT2D eigenvalue weighted by molar-refractivity contribution is -0.499. The van der Waals surface area contributed by atoms with Gasteiger partial charge in [0.05, 0.1) is 4.92 Å². The molecule has 0 aliphatic carbocycles. The highest BCUT2D eigenvalue weighted by atomic mass is 32.2. The molecule has 1 aromatic rings. The average Bonchev–Trinajstić information content (AvgIpc) is 2.53. The molecule has 2 rings (SSSR count). The van der Waals surface area contributed by atoms with Crippen molar-refractivity contribution >= 4 is 35.0 Å². The van der Waals surface area contributed by atoms with Gasteiger partial charge in [-0.25, -0.2) is 0 Å². The molecular formula is C14H21N4O4S2-. The minimum atomic E-state index is -1.47. The van der Waals surface area contributed by atoms with E-state index < -0.39 is 16.6 Å². The summed E-state index contributed by atoms with van der Waals surface area (Å²) in [5.74, 6) is 1.73. The Morgan fingerprint density at radius 1 is 1.33 bits per heavy atom. The summed E-state index contributed by atoms with van der Waals surface area (Å²) in [5.41, 5.74) is -1.04. The van der Waals surface area contributed by atoms with Crippen LogP contribution in [0.1, 0.15) is 20.8 Å². The molecule has 0 radical (unpaired) electrons. The number of anilines is 1. The van der Waals surface area contributed by atoms with Crippen molar-refractivity contribution in [3.63, 3.8) is 0 Å². The molecule has 1 saturated heterocycles. The van der Waals surface area contributed by atoms with Crippen LogP contribution < -0.4 is 14.7 Å². The summed E-state index contributed by atoms with van der Waals surface area (Å²) >= 11 is 3.05. The Hall–Kier alpha value is -1.26. The highest BCUT2D eigenvalue weighted by molar-refractivity contribution is 7.99. The van der Waals surface area contributed by atoms with Gasteiger partial charge < -0.3 is 14.7 Å². The topological polar surface area (TPSA) is 104 Å². The van der Waals surface area contributed by atoms with E-state index in [4.69, 9.17) is 4.74 Å². The number of thioether (sulfide) groups is 2. The molecule has 1 atom stereocenters. The molecule has 0 aromatic carbocycles. The summed E-state index contributed by atoms with van der Waals surface area (Å²) in [5, 5.41) is 24.2. The summed E-state index contributed by atoms with van der Waals surface area (Å²) in [6, 6.07) is 0. The van der Waals surface area contributed by atoms with E-state index in [1.54, 1.807) is 38.8 Å². The maximum absolute atomic E-state index is 12.3. The lowest BCUT2D eigenvalue weighted by Crippen LogP contribution is -2.44. The molecule has 2 heterocycles. The number of rotatable bonds is 5. The summed E-state index contributed by atoms with van der Waals surface area (Å²) < 4.78 is 5.35. The molecule has 1 aliphatic heterocycles. The highest BCUT2D eigenvalue weighted by Crippen LogP contribution is 2.38. The van der Waals surface area contributed by atoms with Crippen molar-refractivity contribution in [3.8, 4) is 5.88 Å². The Morgan fingerprint density at radius 3 is 2.46 bits per heavy atom. The molecule has 0 amide bonds. The molecule has 10 heteroatoms. The van der Waals surface area contributed by atoms with E-state index in [9.17, 15) is 15.2 Å². The van der Waals surface area contributed by atoms with Gasteiger partial charge in [-0.05, 0) is 11.7 Å². The third-order valence-corrected chi connectivity index (χ3v) is 4.90. The van der Waals surface area contributed by atoms with Gasteiger partial charge >= 0.3 is 5.69 Å². The van der Waals surface area contributed by atoms with Crippen molar-refractivity contribution < 1.29 is 14.8 Å². The van der Waals surface area contributed by atoms with Gasteiger partial charge in [0.15, 0.2) is 5.16 Å². The second-order valence-electron chi connectivity index (χ2n) is 6.36. The van der Waals surface area contributed by atoms with Crippen molar-refractivity contribution in [3.05, 3.63) is 10.1 Å². The van der Waals surface area contributed by atoms with Crippen LogP contribution in [0.25, 0.3) is 0 Å². The van der Waals surface area contributed by atoms with Crippen LogP contribution >= 0.6 is 23.5 Å². The molecule has 1 fully saturated rings. The predicted octanol–water partition coefficient (Wildman–Crippen LogP) is 1.77. The first kappa shape index (κ1) is 19.1. The van der Waals surface area contributed by atoms with Gasteiger partial charge in [0, 0.05) is 30.9 Å². The minimum Gasteiger partial charge on any atom is -0.821 e. The first-order valence-corrected chi connectivity index (χ1v) is 9.87. The van der Waals surface area contributed by atoms with Crippen molar-refractivity contribution in [2.24, 2.45) is 5.41 Å². The number of hydrogen-bond donors (Lipinski definition) is 0. The third kappa shape index (κ3) is 4.42. The number of hydrogen-bond acceptors (Lipinski definition) is 9. The zero-order valence-corrected chi connectivity index (χ0v) is 15.8. The Balaban J connectivity index is 2.49. The summed E-state index contributed by atoms with van der Waals surface area (Å²) in [4.78, 5) is 21.3. The SMILES string of the molecule is CSc1nc(OC([O-])C(C)(C)C)c([N+](=O)[O-])c(N2CCSCC2)n1. The van der Waals surface area contributed by atoms with E-state index in [1.807, 2.05) is 4.90 Å². The van der Waals surface area contributed by atoms with Crippen molar-refractivity contribution in [1.29, 1.82) is 0 Å². The first-order chi connectivity index (χ1) is 11.2. The molecule has 24 heavy (non-hydrogen) atoms. The standard InChI is InChI=1S/C14H21N4O4S2/c1-14(2,3)12(19)22-11-9(18(20)21)10(15-13(16-11)23-4)17-5-7-24-8-6-17/h12H,5-8H2,1-4H3/q-1. The molecule has 8 nitrogen and oxygen atoms in total. The van der Waals surface area contributed by atoms with Crippen LogP contribution in [0, 0.1) is 15.5 Å². The van der Waals surface area contributed by atoms with Crippen LogP contribution in [0.2, 0.25) is 0 Å². The Kier molecular flexibility index (Phi) is 6.16. The smallest absolute Gasteiger partial charge is 0.372 e. The normalized spacial score (nSPS) is 16.8. The second kappa shape index (κ2) is 7.75. The van der Waals surface area contributed by atoms with Crippen LogP contribution in [0.5, 0.6) is 5.88 Å². The van der Waals surface area contributed by atoms with Crippen molar-refractivity contribution in [1.82, 2.24) is 9.97 Å². The number of ether oxygens (including phenoxy) is 1. The molecule has 134 valence electrons. The fraction of sp³-hybridized carbons (Fsp3) is 0.714. The Bertz CT molecular complexity index is 603. The first-order valence-electron chi connectivity index (χ1n) is 7.49. The summed E-state index contributed by atoms with van der Waals surface area (Å²) in [6.07, 6.45) is 0.310. The van der Waals surface area contributed by atoms with E-state index >= 15 is 0 Å². The van der Waals surface area contributed by atoms with Gasteiger partial charge in [0.25, 0.3) is 5.88 Å². The maximum Gasteiger partial charge on any atom is 0.372 e. The predicted molar refractivity (Wildman–Crippen MR) is 93.9 cm³/mol. The van der Waals surface area contributed by atoms with Crippen LogP contribution in [0.3, 0.4) is 0 Å². The van der Waals surface area contributed by atoms with Crippen LogP contribution in [0.15, 0.2) is 5.16 Å². The van der Waals surface area contributed by atoms with Crippen LogP contribution in [-0.4, -0.2) is 52.0 Å². The lowest BCUT2D eigenvalue weighted by Gasteiger charge is -2.35. The van der Waals surface area contributed by atoms with E-state index in [0.717, 1.165) is 11.5 Å². The highest BCUT2D eigenvalue weighted by Gasteiger charge is 2.32. The minimum absolute atomic E-state index is 0.232. The largest absolute Gasteiger partial charge is 0.821 e. The molecule has 0 saturated carbocycles. The molecule has 0 N–H and O–H groups in total. The summed E-state index contributed by atoms with van der Waals surface area (Å²) in [7, 11) is 0. The fourth-order valence-corrected chi connectivity index (χ4v) is 3.27. The zero-order chi connectivity index (χ0) is 17.9.